The van der Waals surface area contributed by atoms with E-state index in [0.29, 0.717) is 16.7 Å². The average molecular weight is 450 g/mol. The van der Waals surface area contributed by atoms with Crippen LogP contribution in [0.5, 0.6) is 5.75 Å². The minimum absolute atomic E-state index is 0.477. The van der Waals surface area contributed by atoms with E-state index >= 15 is 0 Å². The van der Waals surface area contributed by atoms with Gasteiger partial charge in [0, 0.05) is 10.0 Å². The largest absolute Gasteiger partial charge is 0.488 e. The SMILES string of the molecule is Clc1ccc(NN=Cc2ccccc2OCc2ccc(Br)cc2)cc1Cl. The van der Waals surface area contributed by atoms with Gasteiger partial charge in [-0.15, -0.1) is 0 Å². The molecule has 0 aliphatic heterocycles. The fraction of sp³-hybridized carbons (Fsp3) is 0.0500. The van der Waals surface area contributed by atoms with Crippen molar-refractivity contribution in [1.82, 2.24) is 0 Å². The van der Waals surface area contributed by atoms with Gasteiger partial charge in [0.25, 0.3) is 0 Å². The zero-order valence-electron chi connectivity index (χ0n) is 13.6. The second-order valence-electron chi connectivity index (χ2n) is 5.45. The van der Waals surface area contributed by atoms with E-state index in [1.54, 1.807) is 18.3 Å². The van der Waals surface area contributed by atoms with Crippen molar-refractivity contribution in [1.29, 1.82) is 0 Å². The van der Waals surface area contributed by atoms with Crippen LogP contribution in [-0.2, 0) is 6.61 Å². The van der Waals surface area contributed by atoms with Gasteiger partial charge in [-0.3, -0.25) is 5.43 Å². The van der Waals surface area contributed by atoms with Crippen LogP contribution in [0.2, 0.25) is 10.0 Å². The van der Waals surface area contributed by atoms with Crippen LogP contribution in [0.25, 0.3) is 0 Å². The molecule has 1 N–H and O–H groups in total. The number of nitrogens with one attached hydrogen (secondary N) is 1. The highest BCUT2D eigenvalue weighted by Gasteiger charge is 2.02. The maximum atomic E-state index is 6.00. The Morgan fingerprint density at radius 3 is 2.50 bits per heavy atom. The Labute approximate surface area is 170 Å². The third kappa shape index (κ3) is 5.24. The van der Waals surface area contributed by atoms with Gasteiger partial charge in [-0.1, -0.05) is 63.4 Å². The Bertz CT molecular complexity index is 914. The lowest BCUT2D eigenvalue weighted by Gasteiger charge is -2.09. The summed E-state index contributed by atoms with van der Waals surface area (Å²) >= 11 is 15.3. The van der Waals surface area contributed by atoms with Crippen LogP contribution >= 0.6 is 39.1 Å². The summed E-state index contributed by atoms with van der Waals surface area (Å²) < 4.78 is 6.97. The number of para-hydroxylation sites is 1. The summed E-state index contributed by atoms with van der Waals surface area (Å²) in [5.41, 5.74) is 5.65. The van der Waals surface area contributed by atoms with Crippen LogP contribution < -0.4 is 10.2 Å². The first-order valence-corrected chi connectivity index (χ1v) is 9.37. The van der Waals surface area contributed by atoms with Crippen LogP contribution in [0, 0.1) is 0 Å². The van der Waals surface area contributed by atoms with E-state index in [1.807, 2.05) is 54.6 Å². The van der Waals surface area contributed by atoms with Crippen molar-refractivity contribution in [3.05, 3.63) is 92.4 Å². The van der Waals surface area contributed by atoms with E-state index in [9.17, 15) is 0 Å². The number of hydrogen-bond donors (Lipinski definition) is 1. The summed E-state index contributed by atoms with van der Waals surface area (Å²) in [6.45, 7) is 0.484. The molecule has 0 saturated carbocycles. The van der Waals surface area contributed by atoms with E-state index in [0.717, 1.165) is 27.0 Å². The molecule has 0 aliphatic carbocycles. The monoisotopic (exact) mass is 448 g/mol. The number of nitrogens with zero attached hydrogens (tertiary/aromatic N) is 1. The second-order valence-corrected chi connectivity index (χ2v) is 7.18. The van der Waals surface area contributed by atoms with Crippen molar-refractivity contribution in [2.24, 2.45) is 5.10 Å². The van der Waals surface area contributed by atoms with E-state index in [2.05, 4.69) is 26.5 Å². The first-order valence-electron chi connectivity index (χ1n) is 7.82. The standard InChI is InChI=1S/C20H15BrCl2N2O/c21-16-7-5-14(6-8-16)13-26-20-4-2-1-3-15(20)12-24-25-17-9-10-18(22)19(23)11-17/h1-12,25H,13H2. The van der Waals surface area contributed by atoms with Gasteiger partial charge in [0.1, 0.15) is 12.4 Å². The number of rotatable bonds is 6. The van der Waals surface area contributed by atoms with E-state index in [-0.39, 0.29) is 0 Å². The number of benzene rings is 3. The minimum Gasteiger partial charge on any atom is -0.488 e. The maximum absolute atomic E-state index is 6.00. The molecular formula is C20H15BrCl2N2O. The Morgan fingerprint density at radius 1 is 0.962 bits per heavy atom. The molecule has 6 heteroatoms. The Kier molecular flexibility index (Phi) is 6.56. The molecule has 0 amide bonds. The summed E-state index contributed by atoms with van der Waals surface area (Å²) in [5, 5.41) is 5.23. The van der Waals surface area contributed by atoms with Gasteiger partial charge in [-0.25, -0.2) is 0 Å². The number of hydrazone groups is 1. The zero-order valence-corrected chi connectivity index (χ0v) is 16.7. The zero-order chi connectivity index (χ0) is 18.4. The third-order valence-electron chi connectivity index (χ3n) is 3.54. The molecule has 0 fully saturated rings. The maximum Gasteiger partial charge on any atom is 0.128 e. The molecule has 0 heterocycles. The van der Waals surface area contributed by atoms with Gasteiger partial charge in [-0.05, 0) is 48.0 Å². The highest BCUT2D eigenvalue weighted by Crippen LogP contribution is 2.25. The molecule has 3 nitrogen and oxygen atoms in total. The second kappa shape index (κ2) is 9.08. The Morgan fingerprint density at radius 2 is 1.73 bits per heavy atom. The molecule has 26 heavy (non-hydrogen) atoms. The summed E-state index contributed by atoms with van der Waals surface area (Å²) in [7, 11) is 0. The lowest BCUT2D eigenvalue weighted by Crippen LogP contribution is -1.99. The summed E-state index contributed by atoms with van der Waals surface area (Å²) in [6, 6.07) is 21.0. The molecule has 3 rings (SSSR count). The van der Waals surface area contributed by atoms with Crippen LogP contribution in [0.3, 0.4) is 0 Å². The van der Waals surface area contributed by atoms with Crippen LogP contribution in [0.15, 0.2) is 76.3 Å². The lowest BCUT2D eigenvalue weighted by molar-refractivity contribution is 0.306. The number of hydrogen-bond acceptors (Lipinski definition) is 3. The molecule has 3 aromatic rings. The number of halogens is 3. The topological polar surface area (TPSA) is 33.6 Å². The van der Waals surface area contributed by atoms with E-state index in [1.165, 1.54) is 0 Å². The highest BCUT2D eigenvalue weighted by molar-refractivity contribution is 9.10. The van der Waals surface area contributed by atoms with Crippen molar-refractivity contribution in [2.75, 3.05) is 5.43 Å². The molecular weight excluding hydrogens is 435 g/mol. The Balaban J connectivity index is 1.66. The summed E-state index contributed by atoms with van der Waals surface area (Å²) in [5.74, 6) is 0.759. The van der Waals surface area contributed by atoms with Crippen molar-refractivity contribution < 1.29 is 4.74 Å². The van der Waals surface area contributed by atoms with Crippen molar-refractivity contribution in [3.63, 3.8) is 0 Å². The molecule has 0 aliphatic rings. The molecule has 0 radical (unpaired) electrons. The lowest BCUT2D eigenvalue weighted by atomic mass is 10.2. The van der Waals surface area contributed by atoms with Gasteiger partial charge in [0.05, 0.1) is 21.9 Å². The van der Waals surface area contributed by atoms with Crippen LogP contribution in [0.1, 0.15) is 11.1 Å². The molecule has 0 bridgehead atoms. The van der Waals surface area contributed by atoms with Gasteiger partial charge in [0.2, 0.25) is 0 Å². The quantitative estimate of drug-likeness (QED) is 0.332. The predicted octanol–water partition coefficient (Wildman–Crippen LogP) is 6.78. The van der Waals surface area contributed by atoms with Crippen LogP contribution in [0.4, 0.5) is 5.69 Å². The molecule has 0 atom stereocenters. The van der Waals surface area contributed by atoms with Gasteiger partial charge < -0.3 is 4.74 Å². The third-order valence-corrected chi connectivity index (χ3v) is 4.81. The van der Waals surface area contributed by atoms with Gasteiger partial charge in [0.15, 0.2) is 0 Å². The fourth-order valence-electron chi connectivity index (χ4n) is 2.20. The Hall–Kier alpha value is -2.01. The van der Waals surface area contributed by atoms with Crippen molar-refractivity contribution in [3.8, 4) is 5.75 Å². The van der Waals surface area contributed by atoms with Crippen LogP contribution in [-0.4, -0.2) is 6.21 Å². The smallest absolute Gasteiger partial charge is 0.128 e. The highest BCUT2D eigenvalue weighted by atomic mass is 79.9. The predicted molar refractivity (Wildman–Crippen MR) is 113 cm³/mol. The molecule has 0 unspecified atom stereocenters. The van der Waals surface area contributed by atoms with Gasteiger partial charge >= 0.3 is 0 Å². The van der Waals surface area contributed by atoms with Crippen molar-refractivity contribution in [2.45, 2.75) is 6.61 Å². The molecule has 132 valence electrons. The molecule has 0 saturated heterocycles. The summed E-state index contributed by atoms with van der Waals surface area (Å²) in [6.07, 6.45) is 1.71. The van der Waals surface area contributed by atoms with E-state index in [4.69, 9.17) is 27.9 Å². The average Bonchev–Trinajstić information content (AvgIpc) is 2.65. The van der Waals surface area contributed by atoms with Crippen molar-refractivity contribution >= 4 is 51.0 Å². The number of anilines is 1. The first-order chi connectivity index (χ1) is 12.6. The normalized spacial score (nSPS) is 10.9. The summed E-state index contributed by atoms with van der Waals surface area (Å²) in [4.78, 5) is 0. The van der Waals surface area contributed by atoms with E-state index < -0.39 is 0 Å². The molecule has 3 aromatic carbocycles. The first kappa shape index (κ1) is 18.8. The molecule has 0 spiro atoms. The number of ether oxygens (including phenoxy) is 1. The van der Waals surface area contributed by atoms with Gasteiger partial charge in [-0.2, -0.15) is 5.10 Å². The minimum atomic E-state index is 0.477. The molecule has 0 aromatic heterocycles. The fourth-order valence-corrected chi connectivity index (χ4v) is 2.76.